The molecule has 1 aromatic rings. The number of ether oxygens (including phenoxy) is 1. The van der Waals surface area contributed by atoms with Gasteiger partial charge in [-0.3, -0.25) is 4.90 Å². The maximum absolute atomic E-state index is 12.4. The van der Waals surface area contributed by atoms with Crippen molar-refractivity contribution in [3.05, 3.63) is 24.2 Å². The highest BCUT2D eigenvalue weighted by atomic mass is 16.5. The quantitative estimate of drug-likeness (QED) is 0.647. The highest BCUT2D eigenvalue weighted by Gasteiger charge is 2.67. The summed E-state index contributed by atoms with van der Waals surface area (Å²) in [5.74, 6) is 2.30. The molecule has 0 aromatic carbocycles. The minimum absolute atomic E-state index is 0.0223. The Kier molecular flexibility index (Phi) is 6.16. The Bertz CT molecular complexity index is 838. The molecule has 6 rings (SSSR count). The topological polar surface area (TPSA) is 57.9 Å². The molecule has 2 N–H and O–H groups in total. The SMILES string of the molecule is C[C@]12CC[C@H](OCCN3CCNCC3)C[C@H]1CC[C@@H]1[C@@H]2CC[C@]2(C)[C@@H](c3ccoc3)CC[C@]12O. The van der Waals surface area contributed by atoms with Gasteiger partial charge in [0.15, 0.2) is 0 Å². The second-order valence-electron chi connectivity index (χ2n) is 12.9. The third-order valence-corrected chi connectivity index (χ3v) is 11.7. The number of nitrogens with zero attached hydrogens (tertiary/aromatic N) is 1. The summed E-state index contributed by atoms with van der Waals surface area (Å²) in [5, 5.41) is 15.8. The van der Waals surface area contributed by atoms with Gasteiger partial charge in [-0.25, -0.2) is 0 Å². The van der Waals surface area contributed by atoms with Crippen LogP contribution in [0, 0.1) is 28.6 Å². The van der Waals surface area contributed by atoms with Gasteiger partial charge in [0.1, 0.15) is 0 Å². The summed E-state index contributed by atoms with van der Waals surface area (Å²) in [4.78, 5) is 2.53. The predicted octanol–water partition coefficient (Wildman–Crippen LogP) is 4.81. The number of aliphatic hydroxyl groups is 1. The minimum Gasteiger partial charge on any atom is -0.472 e. The molecule has 4 saturated carbocycles. The average Bonchev–Trinajstić information content (AvgIpc) is 3.46. The molecule has 0 spiro atoms. The van der Waals surface area contributed by atoms with Gasteiger partial charge in [-0.15, -0.1) is 0 Å². The van der Waals surface area contributed by atoms with E-state index in [9.17, 15) is 5.11 Å². The fourth-order valence-electron chi connectivity index (χ4n) is 9.63. The molecule has 0 amide bonds. The van der Waals surface area contributed by atoms with Crippen LogP contribution in [0.15, 0.2) is 23.0 Å². The van der Waals surface area contributed by atoms with Gasteiger partial charge >= 0.3 is 0 Å². The smallest absolute Gasteiger partial charge is 0.0937 e. The summed E-state index contributed by atoms with van der Waals surface area (Å²) in [6.07, 6.45) is 14.8. The van der Waals surface area contributed by atoms with Crippen LogP contribution in [-0.4, -0.2) is 61.0 Å². The normalized spacial score (nSPS) is 47.1. The van der Waals surface area contributed by atoms with Crippen molar-refractivity contribution in [2.75, 3.05) is 39.3 Å². The van der Waals surface area contributed by atoms with Crippen molar-refractivity contribution in [2.45, 2.75) is 89.3 Å². The Labute approximate surface area is 206 Å². The summed E-state index contributed by atoms with van der Waals surface area (Å²) < 4.78 is 11.9. The fraction of sp³-hybridized carbons (Fsp3) is 0.862. The molecule has 0 radical (unpaired) electrons. The van der Waals surface area contributed by atoms with E-state index < -0.39 is 5.60 Å². The average molecular weight is 471 g/mol. The van der Waals surface area contributed by atoms with Gasteiger partial charge in [-0.2, -0.15) is 0 Å². The lowest BCUT2D eigenvalue weighted by atomic mass is 9.43. The van der Waals surface area contributed by atoms with E-state index in [1.165, 1.54) is 44.1 Å². The van der Waals surface area contributed by atoms with E-state index in [4.69, 9.17) is 9.15 Å². The molecule has 1 saturated heterocycles. The van der Waals surface area contributed by atoms with Gasteiger partial charge in [0, 0.05) is 38.1 Å². The number of piperazine rings is 1. The molecule has 190 valence electrons. The van der Waals surface area contributed by atoms with Gasteiger partial charge in [0.2, 0.25) is 0 Å². The fourth-order valence-corrected chi connectivity index (χ4v) is 9.63. The summed E-state index contributed by atoms with van der Waals surface area (Å²) >= 11 is 0. The van der Waals surface area contributed by atoms with Crippen LogP contribution in [0.4, 0.5) is 0 Å². The van der Waals surface area contributed by atoms with Crippen molar-refractivity contribution in [3.8, 4) is 0 Å². The lowest BCUT2D eigenvalue weighted by Gasteiger charge is -2.63. The van der Waals surface area contributed by atoms with Crippen molar-refractivity contribution >= 4 is 0 Å². The summed E-state index contributed by atoms with van der Waals surface area (Å²) in [6, 6.07) is 2.13. The lowest BCUT2D eigenvalue weighted by Crippen LogP contribution is -2.62. The zero-order valence-corrected chi connectivity index (χ0v) is 21.4. The predicted molar refractivity (Wildman–Crippen MR) is 134 cm³/mol. The molecule has 5 nitrogen and oxygen atoms in total. The molecule has 8 atom stereocenters. The van der Waals surface area contributed by atoms with E-state index >= 15 is 0 Å². The number of hydrogen-bond donors (Lipinski definition) is 2. The molecule has 4 aliphatic carbocycles. The Morgan fingerprint density at radius 2 is 1.91 bits per heavy atom. The zero-order chi connectivity index (χ0) is 23.4. The van der Waals surface area contributed by atoms with Gasteiger partial charge in [0.05, 0.1) is 30.8 Å². The first-order chi connectivity index (χ1) is 16.4. The number of hydrogen-bond acceptors (Lipinski definition) is 5. The Balaban J connectivity index is 1.11. The van der Waals surface area contributed by atoms with Crippen LogP contribution in [0.2, 0.25) is 0 Å². The molecule has 0 unspecified atom stereocenters. The van der Waals surface area contributed by atoms with Crippen LogP contribution in [0.3, 0.4) is 0 Å². The molecular formula is C29H46N2O3. The van der Waals surface area contributed by atoms with Crippen molar-refractivity contribution in [2.24, 2.45) is 28.6 Å². The Morgan fingerprint density at radius 3 is 2.71 bits per heavy atom. The Morgan fingerprint density at radius 1 is 1.06 bits per heavy atom. The maximum atomic E-state index is 12.4. The third-order valence-electron chi connectivity index (χ3n) is 11.7. The minimum atomic E-state index is -0.525. The second-order valence-corrected chi connectivity index (χ2v) is 12.9. The first kappa shape index (κ1) is 23.5. The zero-order valence-electron chi connectivity index (χ0n) is 21.4. The molecule has 0 bridgehead atoms. The van der Waals surface area contributed by atoms with Crippen molar-refractivity contribution in [1.82, 2.24) is 10.2 Å². The second kappa shape index (κ2) is 8.90. The molecule has 34 heavy (non-hydrogen) atoms. The van der Waals surface area contributed by atoms with E-state index in [0.717, 1.165) is 64.5 Å². The lowest BCUT2D eigenvalue weighted by molar-refractivity contribution is -0.207. The summed E-state index contributed by atoms with van der Waals surface area (Å²) in [7, 11) is 0. The first-order valence-electron chi connectivity index (χ1n) is 14.2. The van der Waals surface area contributed by atoms with Crippen LogP contribution in [-0.2, 0) is 4.74 Å². The first-order valence-corrected chi connectivity index (χ1v) is 14.2. The third kappa shape index (κ3) is 3.64. The monoisotopic (exact) mass is 470 g/mol. The van der Waals surface area contributed by atoms with Crippen molar-refractivity contribution in [3.63, 3.8) is 0 Å². The van der Waals surface area contributed by atoms with Gasteiger partial charge in [-0.1, -0.05) is 13.8 Å². The van der Waals surface area contributed by atoms with Crippen LogP contribution in [0.5, 0.6) is 0 Å². The molecule has 1 aliphatic heterocycles. The maximum Gasteiger partial charge on any atom is 0.0937 e. The Hall–Kier alpha value is -0.880. The standard InChI is InChI=1S/C29H46N2O3/c1-27-9-5-23(34-18-16-31-14-12-30-13-15-31)19-22(27)3-4-26-25(27)6-10-28(2)24(7-11-29(26,28)32)21-8-17-33-20-21/h8,17,20,22-26,30,32H,3-7,9-16,18-19H2,1-2H3/t22-,23+,24-,25+,26-,27+,28-,29+/m1/s1. The van der Waals surface area contributed by atoms with Gasteiger partial charge in [-0.05, 0) is 98.5 Å². The number of furan rings is 1. The molecule has 5 heteroatoms. The largest absolute Gasteiger partial charge is 0.472 e. The van der Waals surface area contributed by atoms with Gasteiger partial charge < -0.3 is 19.6 Å². The van der Waals surface area contributed by atoms with Crippen molar-refractivity contribution in [1.29, 1.82) is 0 Å². The summed E-state index contributed by atoms with van der Waals surface area (Å²) in [5.41, 5.74) is 1.12. The van der Waals surface area contributed by atoms with E-state index in [0.29, 0.717) is 29.3 Å². The molecule has 5 fully saturated rings. The van der Waals surface area contributed by atoms with Crippen LogP contribution in [0.1, 0.15) is 83.1 Å². The van der Waals surface area contributed by atoms with Gasteiger partial charge in [0.25, 0.3) is 0 Å². The number of nitrogens with one attached hydrogen (secondary N) is 1. The van der Waals surface area contributed by atoms with E-state index in [1.54, 1.807) is 6.26 Å². The number of fused-ring (bicyclic) bond motifs is 5. The highest BCUT2D eigenvalue weighted by molar-refractivity contribution is 5.26. The van der Waals surface area contributed by atoms with Crippen LogP contribution >= 0.6 is 0 Å². The summed E-state index contributed by atoms with van der Waals surface area (Å²) in [6.45, 7) is 11.5. The van der Waals surface area contributed by atoms with Crippen LogP contribution in [0.25, 0.3) is 0 Å². The van der Waals surface area contributed by atoms with E-state index in [-0.39, 0.29) is 5.41 Å². The molecular weight excluding hydrogens is 424 g/mol. The van der Waals surface area contributed by atoms with Crippen molar-refractivity contribution < 1.29 is 14.3 Å². The molecule has 2 heterocycles. The highest BCUT2D eigenvalue weighted by Crippen LogP contribution is 2.70. The van der Waals surface area contributed by atoms with E-state index in [2.05, 4.69) is 30.1 Å². The molecule has 5 aliphatic rings. The number of rotatable bonds is 5. The van der Waals surface area contributed by atoms with E-state index in [1.807, 2.05) is 6.26 Å². The molecule has 1 aromatic heterocycles. The van der Waals surface area contributed by atoms with Crippen LogP contribution < -0.4 is 5.32 Å².